The molecule has 1 aromatic rings. The van der Waals surface area contributed by atoms with Crippen LogP contribution in [0.1, 0.15) is 42.5 Å². The van der Waals surface area contributed by atoms with Crippen LogP contribution in [0.4, 0.5) is 0 Å². The Morgan fingerprint density at radius 2 is 2.19 bits per heavy atom. The third-order valence-electron chi connectivity index (χ3n) is 3.57. The normalized spacial score (nSPS) is 20.6. The second-order valence-electron chi connectivity index (χ2n) is 5.78. The zero-order chi connectivity index (χ0) is 11.9. The van der Waals surface area contributed by atoms with E-state index in [1.807, 2.05) is 0 Å². The van der Waals surface area contributed by atoms with Crippen LogP contribution in [0.15, 0.2) is 6.07 Å². The molecule has 2 nitrogen and oxygen atoms in total. The highest BCUT2D eigenvalue weighted by molar-refractivity contribution is 7.14. The van der Waals surface area contributed by atoms with Gasteiger partial charge >= 0.3 is 0 Å². The quantitative estimate of drug-likeness (QED) is 0.571. The average Bonchev–Trinajstić information content (AvgIpc) is 2.58. The molecule has 0 saturated heterocycles. The summed E-state index contributed by atoms with van der Waals surface area (Å²) in [4.78, 5) is 2.39. The maximum absolute atomic E-state index is 7.48. The Morgan fingerprint density at radius 1 is 1.50 bits per heavy atom. The van der Waals surface area contributed by atoms with Gasteiger partial charge in [-0.3, -0.25) is 5.41 Å². The number of nitrogens with one attached hydrogen (secondary N) is 1. The number of amidine groups is 1. The maximum atomic E-state index is 7.48. The van der Waals surface area contributed by atoms with Gasteiger partial charge in [0.05, 0.1) is 4.88 Å². The van der Waals surface area contributed by atoms with Gasteiger partial charge in [0, 0.05) is 4.88 Å². The summed E-state index contributed by atoms with van der Waals surface area (Å²) < 4.78 is 0. The maximum Gasteiger partial charge on any atom is 0.133 e. The predicted octanol–water partition coefficient (Wildman–Crippen LogP) is 3.18. The molecular formula is C13H20N2S. The lowest BCUT2D eigenvalue weighted by atomic mass is 9.72. The van der Waals surface area contributed by atoms with E-state index in [-0.39, 0.29) is 5.84 Å². The van der Waals surface area contributed by atoms with Gasteiger partial charge in [-0.2, -0.15) is 0 Å². The van der Waals surface area contributed by atoms with Gasteiger partial charge in [-0.25, -0.2) is 0 Å². The molecule has 1 aromatic heterocycles. The Morgan fingerprint density at radius 3 is 2.75 bits per heavy atom. The SMILES string of the molecule is CC(C)(C)C1CCc2sc(C(=N)N)cc2C1. The largest absolute Gasteiger partial charge is 0.383 e. The van der Waals surface area contributed by atoms with Crippen LogP contribution >= 0.6 is 11.3 Å². The topological polar surface area (TPSA) is 49.9 Å². The number of rotatable bonds is 1. The molecule has 2 rings (SSSR count). The summed E-state index contributed by atoms with van der Waals surface area (Å²) in [6.45, 7) is 6.96. The summed E-state index contributed by atoms with van der Waals surface area (Å²) in [6.07, 6.45) is 3.59. The second-order valence-corrected chi connectivity index (χ2v) is 6.92. The van der Waals surface area contributed by atoms with Crippen molar-refractivity contribution in [1.82, 2.24) is 0 Å². The Hall–Kier alpha value is -0.830. The van der Waals surface area contributed by atoms with Crippen molar-refractivity contribution in [3.8, 4) is 0 Å². The molecule has 0 aromatic carbocycles. The molecule has 1 aliphatic rings. The predicted molar refractivity (Wildman–Crippen MR) is 70.3 cm³/mol. The zero-order valence-electron chi connectivity index (χ0n) is 10.3. The van der Waals surface area contributed by atoms with Crippen molar-refractivity contribution in [1.29, 1.82) is 5.41 Å². The van der Waals surface area contributed by atoms with Crippen LogP contribution in [0.5, 0.6) is 0 Å². The van der Waals surface area contributed by atoms with Crippen LogP contribution in [-0.4, -0.2) is 5.84 Å². The van der Waals surface area contributed by atoms with Crippen molar-refractivity contribution in [2.45, 2.75) is 40.0 Å². The van der Waals surface area contributed by atoms with Gasteiger partial charge in [0.15, 0.2) is 0 Å². The van der Waals surface area contributed by atoms with Crippen molar-refractivity contribution in [3.63, 3.8) is 0 Å². The lowest BCUT2D eigenvalue weighted by molar-refractivity contribution is 0.217. The highest BCUT2D eigenvalue weighted by Gasteiger charge is 2.29. The molecule has 1 heterocycles. The van der Waals surface area contributed by atoms with Gasteiger partial charge in [-0.05, 0) is 42.2 Å². The first-order chi connectivity index (χ1) is 7.38. The number of fused-ring (bicyclic) bond motifs is 1. The molecule has 0 spiro atoms. The Kier molecular flexibility index (Phi) is 2.82. The van der Waals surface area contributed by atoms with Crippen molar-refractivity contribution in [2.75, 3.05) is 0 Å². The van der Waals surface area contributed by atoms with Crippen LogP contribution in [0, 0.1) is 16.7 Å². The van der Waals surface area contributed by atoms with Gasteiger partial charge in [-0.15, -0.1) is 11.3 Å². The van der Waals surface area contributed by atoms with Crippen LogP contribution in [-0.2, 0) is 12.8 Å². The third-order valence-corrected chi connectivity index (χ3v) is 4.84. The van der Waals surface area contributed by atoms with Crippen LogP contribution in [0.3, 0.4) is 0 Å². The summed E-state index contributed by atoms with van der Waals surface area (Å²) in [7, 11) is 0. The summed E-state index contributed by atoms with van der Waals surface area (Å²) in [5, 5.41) is 7.48. The molecular weight excluding hydrogens is 216 g/mol. The highest BCUT2D eigenvalue weighted by Crippen LogP contribution is 2.39. The number of hydrogen-bond acceptors (Lipinski definition) is 2. The molecule has 1 atom stereocenters. The Labute approximate surface area is 101 Å². The number of thiophene rings is 1. The molecule has 0 bridgehead atoms. The minimum Gasteiger partial charge on any atom is -0.383 e. The second kappa shape index (κ2) is 3.88. The summed E-state index contributed by atoms with van der Waals surface area (Å²) in [6, 6.07) is 2.13. The first kappa shape index (κ1) is 11.6. The molecule has 3 heteroatoms. The van der Waals surface area contributed by atoms with Crippen molar-refractivity contribution < 1.29 is 0 Å². The fraction of sp³-hybridized carbons (Fsp3) is 0.615. The lowest BCUT2D eigenvalue weighted by Crippen LogP contribution is -2.26. The van der Waals surface area contributed by atoms with Crippen LogP contribution in [0.2, 0.25) is 0 Å². The molecule has 0 radical (unpaired) electrons. The van der Waals surface area contributed by atoms with Gasteiger partial charge in [-0.1, -0.05) is 20.8 Å². The Balaban J connectivity index is 2.24. The smallest absolute Gasteiger partial charge is 0.133 e. The molecule has 0 amide bonds. The van der Waals surface area contributed by atoms with Crippen molar-refractivity contribution in [3.05, 3.63) is 21.4 Å². The average molecular weight is 236 g/mol. The third kappa shape index (κ3) is 2.14. The summed E-state index contributed by atoms with van der Waals surface area (Å²) in [5.41, 5.74) is 7.36. The van der Waals surface area contributed by atoms with E-state index in [1.54, 1.807) is 11.3 Å². The van der Waals surface area contributed by atoms with E-state index < -0.39 is 0 Å². The standard InChI is InChI=1S/C13H20N2S/c1-13(2,3)9-4-5-10-8(6-9)7-11(16-10)12(14)15/h7,9H,4-6H2,1-3H3,(H3,14,15). The monoisotopic (exact) mass is 236 g/mol. The number of nitrogens with two attached hydrogens (primary N) is 1. The summed E-state index contributed by atoms with van der Waals surface area (Å²) >= 11 is 1.71. The van der Waals surface area contributed by atoms with E-state index in [0.717, 1.165) is 23.6 Å². The van der Waals surface area contributed by atoms with Gasteiger partial charge in [0.1, 0.15) is 5.84 Å². The van der Waals surface area contributed by atoms with Crippen molar-refractivity contribution in [2.24, 2.45) is 17.1 Å². The molecule has 16 heavy (non-hydrogen) atoms. The van der Waals surface area contributed by atoms with Gasteiger partial charge in [0.2, 0.25) is 0 Å². The molecule has 0 saturated carbocycles. The van der Waals surface area contributed by atoms with Crippen LogP contribution in [0.25, 0.3) is 0 Å². The number of nitrogen functional groups attached to an aromatic ring is 1. The van der Waals surface area contributed by atoms with E-state index in [2.05, 4.69) is 26.8 Å². The highest BCUT2D eigenvalue weighted by atomic mass is 32.1. The fourth-order valence-electron chi connectivity index (χ4n) is 2.40. The number of aryl methyl sites for hydroxylation is 1. The van der Waals surface area contributed by atoms with Gasteiger partial charge < -0.3 is 5.73 Å². The molecule has 3 N–H and O–H groups in total. The molecule has 0 fully saturated rings. The van der Waals surface area contributed by atoms with E-state index >= 15 is 0 Å². The molecule has 1 unspecified atom stereocenters. The Bertz CT molecular complexity index is 412. The molecule has 0 aliphatic heterocycles. The van der Waals surface area contributed by atoms with E-state index in [1.165, 1.54) is 16.9 Å². The van der Waals surface area contributed by atoms with E-state index in [0.29, 0.717) is 5.41 Å². The summed E-state index contributed by atoms with van der Waals surface area (Å²) in [5.74, 6) is 0.973. The first-order valence-corrected chi connectivity index (χ1v) is 6.65. The van der Waals surface area contributed by atoms with E-state index in [9.17, 15) is 0 Å². The molecule has 1 aliphatic carbocycles. The minimum absolute atomic E-state index is 0.215. The molecule has 88 valence electrons. The van der Waals surface area contributed by atoms with Crippen LogP contribution < -0.4 is 5.73 Å². The van der Waals surface area contributed by atoms with E-state index in [4.69, 9.17) is 11.1 Å². The number of hydrogen-bond donors (Lipinski definition) is 2. The zero-order valence-corrected chi connectivity index (χ0v) is 11.1. The lowest BCUT2D eigenvalue weighted by Gasteiger charge is -2.33. The minimum atomic E-state index is 0.215. The fourth-order valence-corrected chi connectivity index (χ4v) is 3.47. The van der Waals surface area contributed by atoms with Crippen molar-refractivity contribution >= 4 is 17.2 Å². The first-order valence-electron chi connectivity index (χ1n) is 5.84. The van der Waals surface area contributed by atoms with Gasteiger partial charge in [0.25, 0.3) is 0 Å².